The number of benzene rings is 1. The topological polar surface area (TPSA) is 31.0 Å². The molecule has 1 aromatic rings. The first-order valence-electron chi connectivity index (χ1n) is 5.67. The van der Waals surface area contributed by atoms with Gasteiger partial charge in [0.1, 0.15) is 24.2 Å². The Kier molecular flexibility index (Phi) is 2.11. The molecule has 0 radical (unpaired) electrons. The molecule has 1 saturated heterocycles. The Bertz CT molecular complexity index is 408. The molecule has 2 aliphatic rings. The number of ether oxygens (including phenoxy) is 3. The molecule has 3 heteroatoms. The van der Waals surface area contributed by atoms with E-state index in [1.54, 1.807) is 0 Å². The Morgan fingerprint density at radius 3 is 3.00 bits per heavy atom. The summed E-state index contributed by atoms with van der Waals surface area (Å²) in [7, 11) is 0. The van der Waals surface area contributed by atoms with Crippen LogP contribution in [0.25, 0.3) is 0 Å². The second kappa shape index (κ2) is 3.39. The maximum atomic E-state index is 5.67. The minimum absolute atomic E-state index is 0.0881. The van der Waals surface area contributed by atoms with Crippen LogP contribution in [0.5, 0.6) is 11.5 Å². The highest BCUT2D eigenvalue weighted by atomic mass is 16.6. The highest BCUT2D eigenvalue weighted by Gasteiger charge is 2.32. The van der Waals surface area contributed by atoms with Crippen molar-refractivity contribution < 1.29 is 14.2 Å². The van der Waals surface area contributed by atoms with Crippen LogP contribution in [0.3, 0.4) is 0 Å². The molecule has 1 unspecified atom stereocenters. The zero-order chi connectivity index (χ0) is 11.2. The lowest BCUT2D eigenvalue weighted by Crippen LogP contribution is -2.18. The van der Waals surface area contributed by atoms with E-state index in [0.29, 0.717) is 12.7 Å². The van der Waals surface area contributed by atoms with E-state index in [9.17, 15) is 0 Å². The van der Waals surface area contributed by atoms with Gasteiger partial charge >= 0.3 is 0 Å². The van der Waals surface area contributed by atoms with Crippen LogP contribution in [-0.4, -0.2) is 25.9 Å². The lowest BCUT2D eigenvalue weighted by molar-refractivity contribution is 0.262. The van der Waals surface area contributed by atoms with Crippen molar-refractivity contribution in [2.45, 2.75) is 25.4 Å². The smallest absolute Gasteiger partial charge is 0.123 e. The fourth-order valence-corrected chi connectivity index (χ4v) is 1.94. The molecule has 3 rings (SSSR count). The molecule has 2 aliphatic heterocycles. The third kappa shape index (κ3) is 1.76. The molecule has 1 atom stereocenters. The Hall–Kier alpha value is -1.22. The molecule has 0 N–H and O–H groups in total. The van der Waals surface area contributed by atoms with Gasteiger partial charge in [-0.15, -0.1) is 0 Å². The van der Waals surface area contributed by atoms with E-state index in [0.717, 1.165) is 24.7 Å². The van der Waals surface area contributed by atoms with Crippen LogP contribution in [0, 0.1) is 0 Å². The molecular weight excluding hydrogens is 204 g/mol. The van der Waals surface area contributed by atoms with Crippen LogP contribution in [-0.2, 0) is 10.2 Å². The van der Waals surface area contributed by atoms with Gasteiger partial charge in [-0.3, -0.25) is 0 Å². The van der Waals surface area contributed by atoms with Gasteiger partial charge in [-0.25, -0.2) is 0 Å². The van der Waals surface area contributed by atoms with Crippen molar-refractivity contribution in [3.8, 4) is 11.5 Å². The molecule has 0 amide bonds. The van der Waals surface area contributed by atoms with Gasteiger partial charge in [0.25, 0.3) is 0 Å². The second-order valence-electron chi connectivity index (χ2n) is 5.10. The third-order valence-electron chi connectivity index (χ3n) is 3.11. The zero-order valence-corrected chi connectivity index (χ0v) is 9.66. The van der Waals surface area contributed by atoms with E-state index in [1.165, 1.54) is 5.56 Å². The fourth-order valence-electron chi connectivity index (χ4n) is 1.94. The highest BCUT2D eigenvalue weighted by Crippen LogP contribution is 2.40. The van der Waals surface area contributed by atoms with Crippen molar-refractivity contribution in [1.82, 2.24) is 0 Å². The lowest BCUT2D eigenvalue weighted by Gasteiger charge is -2.15. The molecule has 1 fully saturated rings. The quantitative estimate of drug-likeness (QED) is 0.731. The first-order chi connectivity index (χ1) is 7.65. The Balaban J connectivity index is 1.80. The maximum absolute atomic E-state index is 5.67. The van der Waals surface area contributed by atoms with Gasteiger partial charge in [-0.2, -0.15) is 0 Å². The fraction of sp³-hybridized carbons (Fsp3) is 0.538. The third-order valence-corrected chi connectivity index (χ3v) is 3.11. The second-order valence-corrected chi connectivity index (χ2v) is 5.10. The molecule has 86 valence electrons. The zero-order valence-electron chi connectivity index (χ0n) is 9.66. The summed E-state index contributed by atoms with van der Waals surface area (Å²) in [5.41, 5.74) is 1.33. The predicted molar refractivity (Wildman–Crippen MR) is 60.2 cm³/mol. The summed E-state index contributed by atoms with van der Waals surface area (Å²) in [6.45, 7) is 6.61. The van der Waals surface area contributed by atoms with Crippen LogP contribution in [0.4, 0.5) is 0 Å². The van der Waals surface area contributed by atoms with E-state index in [-0.39, 0.29) is 5.41 Å². The summed E-state index contributed by atoms with van der Waals surface area (Å²) < 4.78 is 16.4. The molecule has 0 spiro atoms. The number of epoxide rings is 1. The first-order valence-corrected chi connectivity index (χ1v) is 5.67. The van der Waals surface area contributed by atoms with Crippen LogP contribution in [0.2, 0.25) is 0 Å². The summed E-state index contributed by atoms with van der Waals surface area (Å²) in [6, 6.07) is 6.04. The van der Waals surface area contributed by atoms with E-state index in [4.69, 9.17) is 14.2 Å². The number of rotatable bonds is 3. The Labute approximate surface area is 95.3 Å². The van der Waals surface area contributed by atoms with Gasteiger partial charge in [0.05, 0.1) is 13.2 Å². The van der Waals surface area contributed by atoms with E-state index in [2.05, 4.69) is 19.9 Å². The molecule has 1 aromatic carbocycles. The summed E-state index contributed by atoms with van der Waals surface area (Å²) >= 11 is 0. The average Bonchev–Trinajstić information content (AvgIpc) is 3.03. The summed E-state index contributed by atoms with van der Waals surface area (Å²) in [5, 5.41) is 0. The summed E-state index contributed by atoms with van der Waals surface area (Å²) in [6.07, 6.45) is 0.303. The molecule has 2 heterocycles. The van der Waals surface area contributed by atoms with Gasteiger partial charge < -0.3 is 14.2 Å². The summed E-state index contributed by atoms with van der Waals surface area (Å²) in [5.74, 6) is 1.90. The standard InChI is InChI=1S/C13H16O3/c1-13(2)8-16-12-4-3-9(5-11(12)13)14-6-10-7-15-10/h3-5,10H,6-8H2,1-2H3. The van der Waals surface area contributed by atoms with Crippen molar-refractivity contribution in [3.05, 3.63) is 23.8 Å². The predicted octanol–water partition coefficient (Wildman–Crippen LogP) is 2.13. The molecule has 0 aliphatic carbocycles. The summed E-state index contributed by atoms with van der Waals surface area (Å²) in [4.78, 5) is 0. The van der Waals surface area contributed by atoms with Crippen LogP contribution >= 0.6 is 0 Å². The van der Waals surface area contributed by atoms with Crippen molar-refractivity contribution in [2.75, 3.05) is 19.8 Å². The highest BCUT2D eigenvalue weighted by molar-refractivity contribution is 5.47. The van der Waals surface area contributed by atoms with Gasteiger partial charge in [0, 0.05) is 11.0 Å². The monoisotopic (exact) mass is 220 g/mol. The largest absolute Gasteiger partial charge is 0.492 e. The lowest BCUT2D eigenvalue weighted by atomic mass is 9.87. The Morgan fingerprint density at radius 1 is 1.44 bits per heavy atom. The molecule has 16 heavy (non-hydrogen) atoms. The SMILES string of the molecule is CC1(C)COc2ccc(OCC3CO3)cc21. The molecule has 0 aromatic heterocycles. The van der Waals surface area contributed by atoms with Crippen molar-refractivity contribution in [3.63, 3.8) is 0 Å². The van der Waals surface area contributed by atoms with Crippen molar-refractivity contribution in [1.29, 1.82) is 0 Å². The van der Waals surface area contributed by atoms with Gasteiger partial charge in [0.15, 0.2) is 0 Å². The van der Waals surface area contributed by atoms with E-state index in [1.807, 2.05) is 12.1 Å². The van der Waals surface area contributed by atoms with Gasteiger partial charge in [0.2, 0.25) is 0 Å². The first kappa shape index (κ1) is 9.97. The normalized spacial score (nSPS) is 24.8. The number of hydrogen-bond donors (Lipinski definition) is 0. The molecule has 3 nitrogen and oxygen atoms in total. The minimum Gasteiger partial charge on any atom is -0.492 e. The van der Waals surface area contributed by atoms with Crippen LogP contribution in [0.15, 0.2) is 18.2 Å². The average molecular weight is 220 g/mol. The minimum atomic E-state index is 0.0881. The molecular formula is C13H16O3. The number of hydrogen-bond acceptors (Lipinski definition) is 3. The van der Waals surface area contributed by atoms with E-state index >= 15 is 0 Å². The van der Waals surface area contributed by atoms with Crippen molar-refractivity contribution >= 4 is 0 Å². The van der Waals surface area contributed by atoms with Crippen LogP contribution in [0.1, 0.15) is 19.4 Å². The van der Waals surface area contributed by atoms with Gasteiger partial charge in [-0.1, -0.05) is 13.8 Å². The molecule has 0 bridgehead atoms. The van der Waals surface area contributed by atoms with Crippen LogP contribution < -0.4 is 9.47 Å². The maximum Gasteiger partial charge on any atom is 0.123 e. The Morgan fingerprint density at radius 2 is 2.25 bits per heavy atom. The van der Waals surface area contributed by atoms with Crippen molar-refractivity contribution in [2.24, 2.45) is 0 Å². The number of fused-ring (bicyclic) bond motifs is 1. The van der Waals surface area contributed by atoms with E-state index < -0.39 is 0 Å². The molecule has 0 saturated carbocycles. The van der Waals surface area contributed by atoms with Gasteiger partial charge in [-0.05, 0) is 18.2 Å².